The standard InChI is InChI=1S/C24H31N3O2/c1-2-20-29-23-12-10-21(11-13-23)24(28)25-14-6-7-15-26-16-18-27(19-17-26)22-8-4-3-5-9-22/h2-5,8-13H,1,6-7,14-20H2,(H,25,28). The third kappa shape index (κ3) is 6.64. The van der Waals surface area contributed by atoms with Crippen molar-refractivity contribution in [2.75, 3.05) is 50.8 Å². The molecule has 1 aliphatic heterocycles. The summed E-state index contributed by atoms with van der Waals surface area (Å²) >= 11 is 0. The lowest BCUT2D eigenvalue weighted by molar-refractivity contribution is 0.0952. The number of amides is 1. The number of carbonyl (C=O) groups is 1. The van der Waals surface area contributed by atoms with Crippen molar-refractivity contribution >= 4 is 11.6 Å². The van der Waals surface area contributed by atoms with Crippen LogP contribution in [0.4, 0.5) is 5.69 Å². The highest BCUT2D eigenvalue weighted by Gasteiger charge is 2.16. The number of para-hydroxylation sites is 1. The monoisotopic (exact) mass is 393 g/mol. The van der Waals surface area contributed by atoms with E-state index < -0.39 is 0 Å². The number of benzene rings is 2. The minimum atomic E-state index is -0.0308. The maximum absolute atomic E-state index is 12.2. The molecule has 3 rings (SSSR count). The van der Waals surface area contributed by atoms with Crippen LogP contribution in [0.2, 0.25) is 0 Å². The number of rotatable bonds is 10. The number of hydrogen-bond donors (Lipinski definition) is 1. The summed E-state index contributed by atoms with van der Waals surface area (Å²) in [6.07, 6.45) is 3.79. The summed E-state index contributed by atoms with van der Waals surface area (Å²) in [5, 5.41) is 3.01. The molecule has 2 aromatic rings. The Kier molecular flexibility index (Phi) is 8.13. The maximum atomic E-state index is 12.2. The van der Waals surface area contributed by atoms with Gasteiger partial charge in [-0.25, -0.2) is 0 Å². The van der Waals surface area contributed by atoms with Crippen molar-refractivity contribution in [3.63, 3.8) is 0 Å². The fourth-order valence-electron chi connectivity index (χ4n) is 3.49. The molecule has 0 spiro atoms. The van der Waals surface area contributed by atoms with Crippen LogP contribution in [-0.2, 0) is 0 Å². The molecular weight excluding hydrogens is 362 g/mol. The summed E-state index contributed by atoms with van der Waals surface area (Å²) in [7, 11) is 0. The molecule has 1 aliphatic rings. The summed E-state index contributed by atoms with van der Waals surface area (Å²) in [6.45, 7) is 10.2. The molecule has 0 saturated carbocycles. The molecule has 1 saturated heterocycles. The zero-order valence-electron chi connectivity index (χ0n) is 17.1. The number of ether oxygens (including phenoxy) is 1. The number of hydrogen-bond acceptors (Lipinski definition) is 4. The van der Waals surface area contributed by atoms with Crippen molar-refractivity contribution in [2.45, 2.75) is 12.8 Å². The first-order valence-corrected chi connectivity index (χ1v) is 10.4. The van der Waals surface area contributed by atoms with Crippen molar-refractivity contribution < 1.29 is 9.53 Å². The zero-order chi connectivity index (χ0) is 20.3. The van der Waals surface area contributed by atoms with E-state index in [1.807, 2.05) is 12.1 Å². The SMILES string of the molecule is C=CCOc1ccc(C(=O)NCCCCN2CCN(c3ccccc3)CC2)cc1. The van der Waals surface area contributed by atoms with Gasteiger partial charge in [-0.05, 0) is 55.8 Å². The molecule has 0 unspecified atom stereocenters. The summed E-state index contributed by atoms with van der Waals surface area (Å²) in [4.78, 5) is 17.2. The van der Waals surface area contributed by atoms with Gasteiger partial charge in [0.2, 0.25) is 0 Å². The van der Waals surface area contributed by atoms with Crippen molar-refractivity contribution in [1.82, 2.24) is 10.2 Å². The molecule has 0 radical (unpaired) electrons. The molecule has 1 amide bonds. The molecule has 1 heterocycles. The molecular formula is C24H31N3O2. The van der Waals surface area contributed by atoms with Gasteiger partial charge in [-0.1, -0.05) is 30.9 Å². The fourth-order valence-corrected chi connectivity index (χ4v) is 3.49. The van der Waals surface area contributed by atoms with E-state index >= 15 is 0 Å². The van der Waals surface area contributed by atoms with Crippen molar-refractivity contribution in [1.29, 1.82) is 0 Å². The highest BCUT2D eigenvalue weighted by atomic mass is 16.5. The largest absolute Gasteiger partial charge is 0.490 e. The van der Waals surface area contributed by atoms with E-state index in [9.17, 15) is 4.79 Å². The van der Waals surface area contributed by atoms with Crippen molar-refractivity contribution in [2.24, 2.45) is 0 Å². The van der Waals surface area contributed by atoms with E-state index in [1.54, 1.807) is 18.2 Å². The average Bonchev–Trinajstić information content (AvgIpc) is 2.78. The normalized spacial score (nSPS) is 14.4. The predicted molar refractivity (Wildman–Crippen MR) is 119 cm³/mol. The Morgan fingerprint density at radius 2 is 1.72 bits per heavy atom. The molecule has 5 nitrogen and oxygen atoms in total. The highest BCUT2D eigenvalue weighted by molar-refractivity contribution is 5.94. The maximum Gasteiger partial charge on any atom is 0.251 e. The van der Waals surface area contributed by atoms with E-state index in [0.717, 1.165) is 51.3 Å². The second-order valence-corrected chi connectivity index (χ2v) is 7.25. The molecule has 0 bridgehead atoms. The van der Waals surface area contributed by atoms with Crippen LogP contribution in [-0.4, -0.2) is 56.7 Å². The molecule has 1 fully saturated rings. The lowest BCUT2D eigenvalue weighted by atomic mass is 10.2. The molecule has 0 aromatic heterocycles. The van der Waals surface area contributed by atoms with Gasteiger partial charge < -0.3 is 15.0 Å². The van der Waals surface area contributed by atoms with Gasteiger partial charge in [0.05, 0.1) is 0 Å². The highest BCUT2D eigenvalue weighted by Crippen LogP contribution is 2.16. The predicted octanol–water partition coefficient (Wildman–Crippen LogP) is 3.58. The van der Waals surface area contributed by atoms with Crippen LogP contribution in [0.1, 0.15) is 23.2 Å². The van der Waals surface area contributed by atoms with Gasteiger partial charge in [0.1, 0.15) is 12.4 Å². The Hall–Kier alpha value is -2.79. The van der Waals surface area contributed by atoms with Gasteiger partial charge >= 0.3 is 0 Å². The summed E-state index contributed by atoms with van der Waals surface area (Å²) in [6, 6.07) is 17.8. The van der Waals surface area contributed by atoms with Crippen LogP contribution in [0.25, 0.3) is 0 Å². The van der Waals surface area contributed by atoms with Gasteiger partial charge in [0, 0.05) is 44.0 Å². The van der Waals surface area contributed by atoms with Gasteiger partial charge in [-0.15, -0.1) is 0 Å². The van der Waals surface area contributed by atoms with Gasteiger partial charge in [0.15, 0.2) is 0 Å². The molecule has 2 aromatic carbocycles. The van der Waals surface area contributed by atoms with Crippen LogP contribution in [0.15, 0.2) is 67.3 Å². The summed E-state index contributed by atoms with van der Waals surface area (Å²) < 4.78 is 5.43. The van der Waals surface area contributed by atoms with Gasteiger partial charge in [0.25, 0.3) is 5.91 Å². The number of nitrogens with one attached hydrogen (secondary N) is 1. The molecule has 154 valence electrons. The van der Waals surface area contributed by atoms with Crippen LogP contribution in [0.5, 0.6) is 5.75 Å². The Labute approximate surface area is 174 Å². The third-order valence-electron chi connectivity index (χ3n) is 5.16. The Bertz CT molecular complexity index is 753. The second-order valence-electron chi connectivity index (χ2n) is 7.25. The van der Waals surface area contributed by atoms with E-state index in [-0.39, 0.29) is 5.91 Å². The van der Waals surface area contributed by atoms with Crippen LogP contribution >= 0.6 is 0 Å². The minimum Gasteiger partial charge on any atom is -0.490 e. The van der Waals surface area contributed by atoms with Crippen molar-refractivity contribution in [3.05, 3.63) is 72.8 Å². The number of anilines is 1. The Morgan fingerprint density at radius 1 is 1.00 bits per heavy atom. The summed E-state index contributed by atoms with van der Waals surface area (Å²) in [5.41, 5.74) is 1.98. The number of piperazine rings is 1. The van der Waals surface area contributed by atoms with Gasteiger partial charge in [-0.3, -0.25) is 9.69 Å². The van der Waals surface area contributed by atoms with Crippen LogP contribution < -0.4 is 15.0 Å². The first kappa shape index (κ1) is 20.9. The lowest BCUT2D eigenvalue weighted by Gasteiger charge is -2.36. The minimum absolute atomic E-state index is 0.0308. The zero-order valence-corrected chi connectivity index (χ0v) is 17.1. The van der Waals surface area contributed by atoms with Crippen LogP contribution in [0, 0.1) is 0 Å². The first-order valence-electron chi connectivity index (χ1n) is 10.4. The molecule has 1 N–H and O–H groups in total. The topological polar surface area (TPSA) is 44.8 Å². The third-order valence-corrected chi connectivity index (χ3v) is 5.16. The molecule has 0 aliphatic carbocycles. The number of unbranched alkanes of at least 4 members (excludes halogenated alkanes) is 1. The van der Waals surface area contributed by atoms with Crippen molar-refractivity contribution in [3.8, 4) is 5.75 Å². The molecule has 0 atom stereocenters. The smallest absolute Gasteiger partial charge is 0.251 e. The van der Waals surface area contributed by atoms with E-state index in [2.05, 4.69) is 52.0 Å². The van der Waals surface area contributed by atoms with Crippen LogP contribution in [0.3, 0.4) is 0 Å². The Morgan fingerprint density at radius 3 is 2.41 bits per heavy atom. The average molecular weight is 394 g/mol. The van der Waals surface area contributed by atoms with E-state index in [0.29, 0.717) is 18.7 Å². The second kappa shape index (κ2) is 11.3. The van der Waals surface area contributed by atoms with E-state index in [1.165, 1.54) is 5.69 Å². The fraction of sp³-hybridized carbons (Fsp3) is 0.375. The Balaban J connectivity index is 1.28. The quantitative estimate of drug-likeness (QED) is 0.495. The van der Waals surface area contributed by atoms with Gasteiger partial charge in [-0.2, -0.15) is 0 Å². The van der Waals surface area contributed by atoms with E-state index in [4.69, 9.17) is 4.74 Å². The summed E-state index contributed by atoms with van der Waals surface area (Å²) in [5.74, 6) is 0.713. The first-order chi connectivity index (χ1) is 14.3. The molecule has 5 heteroatoms. The molecule has 29 heavy (non-hydrogen) atoms. The lowest BCUT2D eigenvalue weighted by Crippen LogP contribution is -2.46. The number of nitrogens with zero attached hydrogens (tertiary/aromatic N) is 2. The number of carbonyl (C=O) groups excluding carboxylic acids is 1.